The highest BCUT2D eigenvalue weighted by molar-refractivity contribution is 7.80. The van der Waals surface area contributed by atoms with Crippen LogP contribution in [0.2, 0.25) is 0 Å². The van der Waals surface area contributed by atoms with Crippen molar-refractivity contribution in [1.29, 1.82) is 0 Å². The summed E-state index contributed by atoms with van der Waals surface area (Å²) in [4.78, 5) is 20.5. The van der Waals surface area contributed by atoms with E-state index in [-0.39, 0.29) is 5.56 Å². The van der Waals surface area contributed by atoms with Crippen LogP contribution in [0.3, 0.4) is 0 Å². The maximum atomic E-state index is 12.9. The van der Waals surface area contributed by atoms with Crippen molar-refractivity contribution in [3.63, 3.8) is 0 Å². The van der Waals surface area contributed by atoms with E-state index in [2.05, 4.69) is 39.2 Å². The molecule has 0 aliphatic carbocycles. The molecular weight excluding hydrogens is 424 g/mol. The molecular formula is C24H36N4O3S. The number of methoxy groups -OCH3 is 1. The molecule has 0 saturated carbocycles. The van der Waals surface area contributed by atoms with Crippen LogP contribution in [0.4, 0.5) is 0 Å². The van der Waals surface area contributed by atoms with Crippen LogP contribution in [0.1, 0.15) is 29.5 Å². The van der Waals surface area contributed by atoms with Crippen LogP contribution < -0.4 is 10.9 Å². The summed E-state index contributed by atoms with van der Waals surface area (Å²) in [6, 6.07) is 6.17. The number of benzene rings is 1. The first-order valence-electron chi connectivity index (χ1n) is 11.4. The van der Waals surface area contributed by atoms with Crippen LogP contribution in [-0.2, 0) is 16.0 Å². The van der Waals surface area contributed by atoms with E-state index in [4.69, 9.17) is 21.7 Å². The molecule has 176 valence electrons. The van der Waals surface area contributed by atoms with Gasteiger partial charge in [-0.15, -0.1) is 0 Å². The Morgan fingerprint density at radius 1 is 1.28 bits per heavy atom. The fraction of sp³-hybridized carbons (Fsp3) is 0.583. The van der Waals surface area contributed by atoms with Crippen molar-refractivity contribution in [3.8, 4) is 0 Å². The smallest absolute Gasteiger partial charge is 0.253 e. The van der Waals surface area contributed by atoms with Crippen LogP contribution in [0.5, 0.6) is 0 Å². The second-order valence-corrected chi connectivity index (χ2v) is 8.79. The number of morpholine rings is 1. The fourth-order valence-electron chi connectivity index (χ4n) is 3.98. The molecule has 2 heterocycles. The molecule has 0 radical (unpaired) electrons. The first-order chi connectivity index (χ1) is 15.5. The Kier molecular flexibility index (Phi) is 9.47. The van der Waals surface area contributed by atoms with E-state index in [0.717, 1.165) is 80.8 Å². The van der Waals surface area contributed by atoms with E-state index in [1.54, 1.807) is 7.11 Å². The highest BCUT2D eigenvalue weighted by Crippen LogP contribution is 2.19. The Hall–Kier alpha value is -2.00. The molecule has 0 unspecified atom stereocenters. The van der Waals surface area contributed by atoms with Crippen LogP contribution >= 0.6 is 12.2 Å². The molecule has 1 aromatic heterocycles. The summed E-state index contributed by atoms with van der Waals surface area (Å²) >= 11 is 5.70. The van der Waals surface area contributed by atoms with E-state index in [1.165, 1.54) is 5.56 Å². The fourth-order valence-corrected chi connectivity index (χ4v) is 4.24. The first kappa shape index (κ1) is 24.6. The summed E-state index contributed by atoms with van der Waals surface area (Å²) in [5.41, 5.74) is 3.88. The van der Waals surface area contributed by atoms with Gasteiger partial charge < -0.3 is 24.7 Å². The highest BCUT2D eigenvalue weighted by atomic mass is 32.1. The number of aromatic amines is 1. The number of ether oxygens (including phenoxy) is 2. The lowest BCUT2D eigenvalue weighted by Crippen LogP contribution is -2.43. The molecule has 0 spiro atoms. The lowest BCUT2D eigenvalue weighted by Gasteiger charge is -2.29. The van der Waals surface area contributed by atoms with Gasteiger partial charge in [-0.2, -0.15) is 0 Å². The maximum Gasteiger partial charge on any atom is 0.253 e. The minimum absolute atomic E-state index is 0.0495. The van der Waals surface area contributed by atoms with Gasteiger partial charge in [0.2, 0.25) is 0 Å². The molecule has 1 fully saturated rings. The number of aromatic nitrogens is 1. The standard InChI is InChI=1S/C24H36N4O3S/c1-18-6-7-20-16-21(23(29)26-22(20)19(18)2)17-28(24(32)25-8-4-13-30-3)10-5-9-27-11-14-31-15-12-27/h6-7,16H,4-5,8-15,17H2,1-3H3,(H,25,32)(H,26,29). The number of aryl methyl sites for hydroxylation is 2. The van der Waals surface area contributed by atoms with Gasteiger partial charge >= 0.3 is 0 Å². The second-order valence-electron chi connectivity index (χ2n) is 8.40. The summed E-state index contributed by atoms with van der Waals surface area (Å²) in [6.07, 6.45) is 1.86. The van der Waals surface area contributed by atoms with E-state index < -0.39 is 0 Å². The Balaban J connectivity index is 1.71. The molecule has 3 rings (SSSR count). The third-order valence-electron chi connectivity index (χ3n) is 6.08. The van der Waals surface area contributed by atoms with Crippen LogP contribution in [0.15, 0.2) is 23.0 Å². The first-order valence-corrected chi connectivity index (χ1v) is 11.8. The molecule has 0 bridgehead atoms. The number of hydrogen-bond donors (Lipinski definition) is 2. The second kappa shape index (κ2) is 12.3. The SMILES string of the molecule is COCCCNC(=S)N(CCCN1CCOCC1)Cc1cc2ccc(C)c(C)c2[nH]c1=O. The van der Waals surface area contributed by atoms with E-state index in [9.17, 15) is 4.79 Å². The molecule has 0 atom stereocenters. The topological polar surface area (TPSA) is 69.8 Å². The molecule has 2 aromatic rings. The van der Waals surface area contributed by atoms with Crippen molar-refractivity contribution in [2.75, 3.05) is 59.7 Å². The third-order valence-corrected chi connectivity index (χ3v) is 6.49. The predicted molar refractivity (Wildman–Crippen MR) is 133 cm³/mol. The molecule has 8 heteroatoms. The summed E-state index contributed by atoms with van der Waals surface area (Å²) < 4.78 is 10.6. The molecule has 32 heavy (non-hydrogen) atoms. The normalized spacial score (nSPS) is 14.6. The van der Waals surface area contributed by atoms with Gasteiger partial charge in [0, 0.05) is 52.0 Å². The summed E-state index contributed by atoms with van der Waals surface area (Å²) in [7, 11) is 1.70. The highest BCUT2D eigenvalue weighted by Gasteiger charge is 2.16. The number of hydrogen-bond acceptors (Lipinski definition) is 5. The zero-order chi connectivity index (χ0) is 22.9. The van der Waals surface area contributed by atoms with Crippen LogP contribution in [-0.4, -0.2) is 79.6 Å². The zero-order valence-corrected chi connectivity index (χ0v) is 20.4. The number of H-pyrrole nitrogens is 1. The van der Waals surface area contributed by atoms with Crippen molar-refractivity contribution < 1.29 is 9.47 Å². The average molecular weight is 461 g/mol. The van der Waals surface area contributed by atoms with Gasteiger partial charge in [0.15, 0.2) is 5.11 Å². The van der Waals surface area contributed by atoms with Crippen LogP contribution in [0, 0.1) is 13.8 Å². The molecule has 2 N–H and O–H groups in total. The minimum Gasteiger partial charge on any atom is -0.385 e. The summed E-state index contributed by atoms with van der Waals surface area (Å²) in [5.74, 6) is 0. The molecule has 1 aromatic carbocycles. The molecule has 1 saturated heterocycles. The van der Waals surface area contributed by atoms with Crippen molar-refractivity contribution in [3.05, 3.63) is 45.2 Å². The van der Waals surface area contributed by atoms with Gasteiger partial charge in [-0.1, -0.05) is 12.1 Å². The zero-order valence-electron chi connectivity index (χ0n) is 19.5. The lowest BCUT2D eigenvalue weighted by molar-refractivity contribution is 0.0367. The summed E-state index contributed by atoms with van der Waals surface area (Å²) in [5, 5.41) is 5.06. The largest absolute Gasteiger partial charge is 0.385 e. The molecule has 7 nitrogen and oxygen atoms in total. The van der Waals surface area contributed by atoms with E-state index in [0.29, 0.717) is 18.3 Å². The minimum atomic E-state index is -0.0495. The Labute approximate surface area is 196 Å². The van der Waals surface area contributed by atoms with Gasteiger partial charge in [0.25, 0.3) is 5.56 Å². The van der Waals surface area contributed by atoms with Crippen molar-refractivity contribution in [1.82, 2.24) is 20.1 Å². The maximum absolute atomic E-state index is 12.9. The Bertz CT molecular complexity index is 956. The number of nitrogens with one attached hydrogen (secondary N) is 2. The van der Waals surface area contributed by atoms with Gasteiger partial charge in [0.05, 0.1) is 25.3 Å². The van der Waals surface area contributed by atoms with Crippen molar-refractivity contribution in [2.45, 2.75) is 33.2 Å². The molecule has 0 amide bonds. The third kappa shape index (κ3) is 6.75. The van der Waals surface area contributed by atoms with E-state index in [1.807, 2.05) is 13.0 Å². The van der Waals surface area contributed by atoms with Crippen molar-refractivity contribution in [2.24, 2.45) is 0 Å². The average Bonchev–Trinajstić information content (AvgIpc) is 2.80. The number of pyridine rings is 1. The number of nitrogens with zero attached hydrogens (tertiary/aromatic N) is 2. The van der Waals surface area contributed by atoms with E-state index >= 15 is 0 Å². The number of rotatable bonds is 10. The lowest BCUT2D eigenvalue weighted by atomic mass is 10.0. The van der Waals surface area contributed by atoms with Crippen LogP contribution in [0.25, 0.3) is 10.9 Å². The van der Waals surface area contributed by atoms with Gasteiger partial charge in [-0.05, 0) is 61.5 Å². The predicted octanol–water partition coefficient (Wildman–Crippen LogP) is 2.58. The molecule has 1 aliphatic rings. The quantitative estimate of drug-likeness (QED) is 0.417. The van der Waals surface area contributed by atoms with Gasteiger partial charge in [0.1, 0.15) is 0 Å². The number of fused-ring (bicyclic) bond motifs is 1. The monoisotopic (exact) mass is 460 g/mol. The Morgan fingerprint density at radius 3 is 2.81 bits per heavy atom. The Morgan fingerprint density at radius 2 is 2.06 bits per heavy atom. The number of thiocarbonyl (C=S) groups is 1. The van der Waals surface area contributed by atoms with Gasteiger partial charge in [-0.3, -0.25) is 9.69 Å². The van der Waals surface area contributed by atoms with Crippen molar-refractivity contribution >= 4 is 28.2 Å². The summed E-state index contributed by atoms with van der Waals surface area (Å²) in [6.45, 7) is 11.4. The van der Waals surface area contributed by atoms with Gasteiger partial charge in [-0.25, -0.2) is 0 Å². The molecule has 1 aliphatic heterocycles.